The van der Waals surface area contributed by atoms with Crippen LogP contribution in [0.25, 0.3) is 0 Å². The van der Waals surface area contributed by atoms with E-state index < -0.39 is 0 Å². The van der Waals surface area contributed by atoms with E-state index in [9.17, 15) is 0 Å². The Hall–Kier alpha value is -1.32. The van der Waals surface area contributed by atoms with Crippen molar-refractivity contribution in [3.63, 3.8) is 0 Å². The van der Waals surface area contributed by atoms with Crippen LogP contribution in [-0.4, -0.2) is 23.1 Å². The molecule has 4 heteroatoms. The predicted molar refractivity (Wildman–Crippen MR) is 85.2 cm³/mol. The number of nitrogens with zero attached hydrogens (tertiary/aromatic N) is 2. The van der Waals surface area contributed by atoms with E-state index in [0.29, 0.717) is 0 Å². The van der Waals surface area contributed by atoms with Crippen molar-refractivity contribution < 1.29 is 0 Å². The number of rotatable bonds is 7. The predicted octanol–water partition coefficient (Wildman–Crippen LogP) is 3.71. The highest BCUT2D eigenvalue weighted by Crippen LogP contribution is 2.30. The van der Waals surface area contributed by atoms with E-state index in [0.717, 1.165) is 49.4 Å². The Balaban J connectivity index is 1.99. The SMILES string of the molecule is CCCNc1ncnc(NCC2CCC(C)C2)c1CC. The van der Waals surface area contributed by atoms with Crippen molar-refractivity contribution >= 4 is 11.6 Å². The maximum Gasteiger partial charge on any atom is 0.134 e. The maximum atomic E-state index is 4.44. The molecule has 0 saturated heterocycles. The van der Waals surface area contributed by atoms with Crippen LogP contribution in [0.2, 0.25) is 0 Å². The lowest BCUT2D eigenvalue weighted by Crippen LogP contribution is -2.15. The number of hydrogen-bond acceptors (Lipinski definition) is 4. The molecule has 0 radical (unpaired) electrons. The summed E-state index contributed by atoms with van der Waals surface area (Å²) in [5, 5.41) is 6.95. The molecule has 112 valence electrons. The van der Waals surface area contributed by atoms with E-state index in [1.54, 1.807) is 6.33 Å². The first kappa shape index (κ1) is 15.1. The Labute approximate surface area is 122 Å². The molecule has 2 N–H and O–H groups in total. The topological polar surface area (TPSA) is 49.8 Å². The number of anilines is 2. The smallest absolute Gasteiger partial charge is 0.134 e. The molecule has 1 aliphatic carbocycles. The van der Waals surface area contributed by atoms with Crippen molar-refractivity contribution in [2.24, 2.45) is 11.8 Å². The summed E-state index contributed by atoms with van der Waals surface area (Å²) < 4.78 is 0. The van der Waals surface area contributed by atoms with Crippen LogP contribution in [0.4, 0.5) is 11.6 Å². The number of aromatic nitrogens is 2. The summed E-state index contributed by atoms with van der Waals surface area (Å²) in [6.45, 7) is 8.69. The van der Waals surface area contributed by atoms with Crippen LogP contribution in [0, 0.1) is 11.8 Å². The van der Waals surface area contributed by atoms with E-state index in [4.69, 9.17) is 0 Å². The van der Waals surface area contributed by atoms with Gasteiger partial charge in [-0.2, -0.15) is 0 Å². The second-order valence-electron chi connectivity index (χ2n) is 5.99. The van der Waals surface area contributed by atoms with Crippen molar-refractivity contribution in [3.05, 3.63) is 11.9 Å². The van der Waals surface area contributed by atoms with Gasteiger partial charge < -0.3 is 10.6 Å². The Kier molecular flexibility index (Phi) is 5.62. The van der Waals surface area contributed by atoms with Crippen molar-refractivity contribution in [1.82, 2.24) is 9.97 Å². The van der Waals surface area contributed by atoms with Crippen molar-refractivity contribution in [1.29, 1.82) is 0 Å². The standard InChI is InChI=1S/C16H28N4/c1-4-8-17-15-14(5-2)16(20-11-19-15)18-10-13-7-6-12(3)9-13/h11-13H,4-10H2,1-3H3,(H2,17,18,19,20). The lowest BCUT2D eigenvalue weighted by molar-refractivity contribution is 0.536. The molecular formula is C16H28N4. The van der Waals surface area contributed by atoms with E-state index in [1.165, 1.54) is 24.8 Å². The normalized spacial score (nSPS) is 21.9. The van der Waals surface area contributed by atoms with E-state index in [-0.39, 0.29) is 0 Å². The van der Waals surface area contributed by atoms with Gasteiger partial charge in [0.1, 0.15) is 18.0 Å². The zero-order valence-electron chi connectivity index (χ0n) is 13.1. The molecule has 1 aliphatic rings. The van der Waals surface area contributed by atoms with Gasteiger partial charge in [-0.25, -0.2) is 9.97 Å². The van der Waals surface area contributed by atoms with E-state index >= 15 is 0 Å². The summed E-state index contributed by atoms with van der Waals surface area (Å²) in [5.41, 5.74) is 1.21. The minimum atomic E-state index is 0.803. The van der Waals surface area contributed by atoms with Gasteiger partial charge in [0.25, 0.3) is 0 Å². The monoisotopic (exact) mass is 276 g/mol. The molecule has 4 nitrogen and oxygen atoms in total. The molecule has 2 rings (SSSR count). The molecule has 0 bridgehead atoms. The quantitative estimate of drug-likeness (QED) is 0.797. The van der Waals surface area contributed by atoms with E-state index in [2.05, 4.69) is 41.4 Å². The third-order valence-corrected chi connectivity index (χ3v) is 4.20. The van der Waals surface area contributed by atoms with Crippen LogP contribution in [0.5, 0.6) is 0 Å². The first-order valence-corrected chi connectivity index (χ1v) is 8.06. The second-order valence-corrected chi connectivity index (χ2v) is 5.99. The Morgan fingerprint density at radius 2 is 1.90 bits per heavy atom. The van der Waals surface area contributed by atoms with Crippen LogP contribution >= 0.6 is 0 Å². The number of hydrogen-bond donors (Lipinski definition) is 2. The van der Waals surface area contributed by atoms with Crippen molar-refractivity contribution in [2.45, 2.75) is 52.9 Å². The summed E-state index contributed by atoms with van der Waals surface area (Å²) >= 11 is 0. The average molecular weight is 276 g/mol. The lowest BCUT2D eigenvalue weighted by Gasteiger charge is -2.16. The van der Waals surface area contributed by atoms with E-state index in [1.807, 2.05) is 0 Å². The van der Waals surface area contributed by atoms with Crippen LogP contribution < -0.4 is 10.6 Å². The highest BCUT2D eigenvalue weighted by Gasteiger charge is 2.21. The molecule has 1 saturated carbocycles. The molecular weight excluding hydrogens is 248 g/mol. The molecule has 1 aromatic rings. The Morgan fingerprint density at radius 3 is 2.50 bits per heavy atom. The minimum absolute atomic E-state index is 0.803. The van der Waals surface area contributed by atoms with Gasteiger partial charge in [0.2, 0.25) is 0 Å². The molecule has 0 amide bonds. The Bertz CT molecular complexity index is 419. The summed E-state index contributed by atoms with van der Waals surface area (Å²) in [5.74, 6) is 3.70. The molecule has 1 aromatic heterocycles. The van der Waals surface area contributed by atoms with Crippen LogP contribution in [0.15, 0.2) is 6.33 Å². The fraction of sp³-hybridized carbons (Fsp3) is 0.750. The number of nitrogens with one attached hydrogen (secondary N) is 2. The summed E-state index contributed by atoms with van der Waals surface area (Å²) in [6, 6.07) is 0. The zero-order valence-corrected chi connectivity index (χ0v) is 13.1. The molecule has 1 heterocycles. The third-order valence-electron chi connectivity index (χ3n) is 4.20. The van der Waals surface area contributed by atoms with Gasteiger partial charge in [-0.3, -0.25) is 0 Å². The van der Waals surface area contributed by atoms with Crippen molar-refractivity contribution in [3.8, 4) is 0 Å². The van der Waals surface area contributed by atoms with Gasteiger partial charge in [-0.05, 0) is 37.5 Å². The summed E-state index contributed by atoms with van der Waals surface area (Å²) in [4.78, 5) is 8.81. The first-order valence-electron chi connectivity index (χ1n) is 8.06. The van der Waals surface area contributed by atoms with Gasteiger partial charge in [0.05, 0.1) is 0 Å². The third kappa shape index (κ3) is 3.84. The molecule has 2 atom stereocenters. The largest absolute Gasteiger partial charge is 0.370 e. The van der Waals surface area contributed by atoms with Gasteiger partial charge in [0.15, 0.2) is 0 Å². The summed E-state index contributed by atoms with van der Waals surface area (Å²) in [7, 11) is 0. The maximum absolute atomic E-state index is 4.44. The van der Waals surface area contributed by atoms with Gasteiger partial charge in [-0.15, -0.1) is 0 Å². The fourth-order valence-electron chi connectivity index (χ4n) is 3.05. The van der Waals surface area contributed by atoms with Gasteiger partial charge in [0, 0.05) is 18.7 Å². The highest BCUT2D eigenvalue weighted by molar-refractivity contribution is 5.57. The molecule has 0 aliphatic heterocycles. The Morgan fingerprint density at radius 1 is 1.15 bits per heavy atom. The minimum Gasteiger partial charge on any atom is -0.370 e. The second kappa shape index (κ2) is 7.46. The molecule has 2 unspecified atom stereocenters. The lowest BCUT2D eigenvalue weighted by atomic mass is 10.1. The zero-order chi connectivity index (χ0) is 14.4. The van der Waals surface area contributed by atoms with Crippen molar-refractivity contribution in [2.75, 3.05) is 23.7 Å². The van der Waals surface area contributed by atoms with Crippen LogP contribution in [0.3, 0.4) is 0 Å². The molecule has 20 heavy (non-hydrogen) atoms. The van der Waals surface area contributed by atoms with Crippen LogP contribution in [0.1, 0.15) is 52.0 Å². The van der Waals surface area contributed by atoms with Gasteiger partial charge >= 0.3 is 0 Å². The van der Waals surface area contributed by atoms with Gasteiger partial charge in [-0.1, -0.05) is 27.2 Å². The summed E-state index contributed by atoms with van der Waals surface area (Å²) in [6.07, 6.45) is 7.80. The first-order chi connectivity index (χ1) is 9.74. The fourth-order valence-corrected chi connectivity index (χ4v) is 3.05. The highest BCUT2D eigenvalue weighted by atomic mass is 15.1. The van der Waals surface area contributed by atoms with Crippen LogP contribution in [-0.2, 0) is 6.42 Å². The molecule has 0 aromatic carbocycles. The average Bonchev–Trinajstić information content (AvgIpc) is 2.88. The molecule has 1 fully saturated rings. The molecule has 0 spiro atoms.